The van der Waals surface area contributed by atoms with Crippen LogP contribution in [0.2, 0.25) is 15.2 Å². The first-order chi connectivity index (χ1) is 13.9. The minimum absolute atomic E-state index is 0.171. The van der Waals surface area contributed by atoms with Crippen LogP contribution in [0.15, 0.2) is 24.3 Å². The first-order valence-corrected chi connectivity index (χ1v) is 10.3. The minimum atomic E-state index is -0.765. The molecule has 0 N–H and O–H groups in total. The summed E-state index contributed by atoms with van der Waals surface area (Å²) in [7, 11) is 0. The van der Waals surface area contributed by atoms with Crippen LogP contribution in [0.4, 0.5) is 5.69 Å². The second-order valence-electron chi connectivity index (χ2n) is 6.88. The van der Waals surface area contributed by atoms with Gasteiger partial charge in [-0.2, -0.15) is 0 Å². The zero-order chi connectivity index (χ0) is 20.7. The first-order valence-electron chi connectivity index (χ1n) is 9.13. The van der Waals surface area contributed by atoms with E-state index in [-0.39, 0.29) is 43.8 Å². The number of ether oxygens (including phenoxy) is 1. The Morgan fingerprint density at radius 2 is 1.55 bits per heavy atom. The highest BCUT2D eigenvalue weighted by atomic mass is 35.5. The number of carbonyl (C=O) groups is 3. The Morgan fingerprint density at radius 3 is 2.14 bits per heavy atom. The Kier molecular flexibility index (Phi) is 5.51. The van der Waals surface area contributed by atoms with Gasteiger partial charge in [-0.25, -0.2) is 14.7 Å². The first kappa shape index (κ1) is 20.1. The molecule has 2 aromatic rings. The molecule has 1 aliphatic carbocycles. The Labute approximate surface area is 181 Å². The molecule has 6 nitrogen and oxygen atoms in total. The molecular formula is C20H15Cl3N2O4. The van der Waals surface area contributed by atoms with E-state index in [2.05, 4.69) is 4.98 Å². The number of carbonyl (C=O) groups excluding carboxylic acids is 3. The number of hydrogen-bond donors (Lipinski definition) is 0. The normalized spacial score (nSPS) is 16.9. The van der Waals surface area contributed by atoms with Crippen LogP contribution < -0.4 is 4.90 Å². The average Bonchev–Trinajstić information content (AvgIpc) is 2.97. The van der Waals surface area contributed by atoms with Gasteiger partial charge in [0.15, 0.2) is 10.8 Å². The number of anilines is 1. The molecule has 0 bridgehead atoms. The largest absolute Gasteiger partial charge is 0.458 e. The van der Waals surface area contributed by atoms with Crippen molar-refractivity contribution >= 4 is 58.3 Å². The lowest BCUT2D eigenvalue weighted by atomic mass is 9.98. The molecule has 4 rings (SSSR count). The van der Waals surface area contributed by atoms with Gasteiger partial charge in [-0.05, 0) is 37.8 Å². The van der Waals surface area contributed by atoms with Crippen molar-refractivity contribution in [2.24, 2.45) is 0 Å². The summed E-state index contributed by atoms with van der Waals surface area (Å²) in [6.07, 6.45) is 4.34. The van der Waals surface area contributed by atoms with Gasteiger partial charge in [-0.15, -0.1) is 0 Å². The van der Waals surface area contributed by atoms with Crippen molar-refractivity contribution in [1.29, 1.82) is 0 Å². The molecule has 1 fully saturated rings. The van der Waals surface area contributed by atoms with Gasteiger partial charge >= 0.3 is 5.97 Å². The maximum absolute atomic E-state index is 12.8. The van der Waals surface area contributed by atoms with Crippen LogP contribution in [0.1, 0.15) is 63.3 Å². The van der Waals surface area contributed by atoms with Gasteiger partial charge in [0.25, 0.3) is 11.8 Å². The molecule has 0 atom stereocenters. The van der Waals surface area contributed by atoms with Crippen molar-refractivity contribution in [3.05, 3.63) is 56.3 Å². The number of halogens is 3. The number of rotatable bonds is 3. The van der Waals surface area contributed by atoms with Crippen LogP contribution >= 0.6 is 34.8 Å². The van der Waals surface area contributed by atoms with Crippen molar-refractivity contribution in [3.8, 4) is 0 Å². The van der Waals surface area contributed by atoms with Crippen LogP contribution in [-0.2, 0) is 4.74 Å². The van der Waals surface area contributed by atoms with Crippen LogP contribution in [0.25, 0.3) is 0 Å². The van der Waals surface area contributed by atoms with Gasteiger partial charge in [0.1, 0.15) is 11.1 Å². The fourth-order valence-electron chi connectivity index (χ4n) is 3.62. The Morgan fingerprint density at radius 1 is 0.966 bits per heavy atom. The molecule has 1 aromatic carbocycles. The van der Waals surface area contributed by atoms with Crippen molar-refractivity contribution in [3.63, 3.8) is 0 Å². The summed E-state index contributed by atoms with van der Waals surface area (Å²) in [6, 6.07) is 6.34. The van der Waals surface area contributed by atoms with Gasteiger partial charge < -0.3 is 4.74 Å². The third-order valence-electron chi connectivity index (χ3n) is 5.05. The minimum Gasteiger partial charge on any atom is -0.458 e. The second-order valence-corrected chi connectivity index (χ2v) is 8.00. The maximum atomic E-state index is 12.8. The summed E-state index contributed by atoms with van der Waals surface area (Å²) in [5.41, 5.74) is -0.0267. The SMILES string of the molecule is O=C(OC1CCCCC1)c1nc(Cl)c(Cl)c(N2C(=O)c3ccccc3C2=O)c1Cl. The number of pyridine rings is 1. The number of benzene rings is 1. The number of esters is 1. The number of amides is 2. The fraction of sp³-hybridized carbons (Fsp3) is 0.300. The molecule has 0 radical (unpaired) electrons. The van der Waals surface area contributed by atoms with E-state index in [4.69, 9.17) is 39.5 Å². The molecule has 0 spiro atoms. The van der Waals surface area contributed by atoms with Crippen LogP contribution in [0, 0.1) is 0 Å². The van der Waals surface area contributed by atoms with Crippen molar-refractivity contribution in [1.82, 2.24) is 4.98 Å². The van der Waals surface area contributed by atoms with Crippen molar-refractivity contribution < 1.29 is 19.1 Å². The van der Waals surface area contributed by atoms with E-state index in [1.165, 1.54) is 12.1 Å². The molecule has 1 saturated carbocycles. The molecular weight excluding hydrogens is 439 g/mol. The Bertz CT molecular complexity index is 1000. The summed E-state index contributed by atoms with van der Waals surface area (Å²) in [5, 5.41) is -0.701. The molecule has 0 saturated heterocycles. The molecule has 0 unspecified atom stereocenters. The van der Waals surface area contributed by atoms with Gasteiger partial charge in [0.2, 0.25) is 0 Å². The lowest BCUT2D eigenvalue weighted by Gasteiger charge is -2.23. The summed E-state index contributed by atoms with van der Waals surface area (Å²) in [6.45, 7) is 0. The number of fused-ring (bicyclic) bond motifs is 1. The second kappa shape index (κ2) is 7.94. The summed E-state index contributed by atoms with van der Waals surface area (Å²) < 4.78 is 5.51. The van der Waals surface area contributed by atoms with E-state index in [9.17, 15) is 14.4 Å². The van der Waals surface area contributed by atoms with E-state index < -0.39 is 17.8 Å². The molecule has 2 aliphatic rings. The Hall–Kier alpha value is -2.15. The molecule has 150 valence electrons. The number of hydrogen-bond acceptors (Lipinski definition) is 5. The average molecular weight is 454 g/mol. The topological polar surface area (TPSA) is 76.6 Å². The van der Waals surface area contributed by atoms with Crippen LogP contribution in [-0.4, -0.2) is 28.9 Å². The van der Waals surface area contributed by atoms with E-state index in [0.717, 1.165) is 37.0 Å². The standard InChI is InChI=1S/C20H15Cl3N2O4/c21-13-15(20(28)29-10-6-2-1-3-7-10)24-17(23)14(22)16(13)25-18(26)11-8-4-5-9-12(11)19(25)27/h4-5,8-10H,1-3,6-7H2. The van der Waals surface area contributed by atoms with Crippen molar-refractivity contribution in [2.75, 3.05) is 4.90 Å². The van der Waals surface area contributed by atoms with E-state index in [0.29, 0.717) is 0 Å². The summed E-state index contributed by atoms with van der Waals surface area (Å²) >= 11 is 18.7. The highest BCUT2D eigenvalue weighted by Crippen LogP contribution is 2.43. The summed E-state index contributed by atoms with van der Waals surface area (Å²) in [5.74, 6) is -1.98. The van der Waals surface area contributed by atoms with E-state index in [1.54, 1.807) is 12.1 Å². The number of nitrogens with zero attached hydrogens (tertiary/aromatic N) is 2. The zero-order valence-corrected chi connectivity index (χ0v) is 17.4. The summed E-state index contributed by atoms with van der Waals surface area (Å²) in [4.78, 5) is 43.1. The quantitative estimate of drug-likeness (QED) is 0.356. The molecule has 9 heteroatoms. The zero-order valence-electron chi connectivity index (χ0n) is 15.1. The van der Waals surface area contributed by atoms with Gasteiger partial charge in [-0.3, -0.25) is 9.59 Å². The third-order valence-corrected chi connectivity index (χ3v) is 6.14. The van der Waals surface area contributed by atoms with E-state index >= 15 is 0 Å². The molecule has 29 heavy (non-hydrogen) atoms. The fourth-order valence-corrected chi connectivity index (χ4v) is 4.36. The number of aromatic nitrogens is 1. The van der Waals surface area contributed by atoms with Gasteiger partial charge in [0.05, 0.1) is 21.8 Å². The lowest BCUT2D eigenvalue weighted by Crippen LogP contribution is -2.31. The molecule has 1 aromatic heterocycles. The molecule has 1 aliphatic heterocycles. The highest BCUT2D eigenvalue weighted by molar-refractivity contribution is 6.49. The third kappa shape index (κ3) is 3.50. The van der Waals surface area contributed by atoms with E-state index in [1.807, 2.05) is 0 Å². The van der Waals surface area contributed by atoms with Gasteiger partial charge in [0, 0.05) is 0 Å². The smallest absolute Gasteiger partial charge is 0.358 e. The predicted octanol–water partition coefficient (Wildman–Crippen LogP) is 5.33. The maximum Gasteiger partial charge on any atom is 0.358 e. The number of imide groups is 1. The highest BCUT2D eigenvalue weighted by Gasteiger charge is 2.40. The Balaban J connectivity index is 1.74. The monoisotopic (exact) mass is 452 g/mol. The van der Waals surface area contributed by atoms with Crippen LogP contribution in [0.5, 0.6) is 0 Å². The lowest BCUT2D eigenvalue weighted by molar-refractivity contribution is 0.0204. The molecule has 2 heterocycles. The predicted molar refractivity (Wildman–Crippen MR) is 109 cm³/mol. The molecule has 2 amide bonds. The van der Waals surface area contributed by atoms with Crippen LogP contribution in [0.3, 0.4) is 0 Å². The van der Waals surface area contributed by atoms with Gasteiger partial charge in [-0.1, -0.05) is 53.4 Å². The van der Waals surface area contributed by atoms with Crippen molar-refractivity contribution in [2.45, 2.75) is 38.2 Å².